The molecule has 1 aromatic carbocycles. The standard InChI is InChI=1S/C16H12F2N8/c1-6-2-7(10(18)3-9(6)17)13-11-12(21)8(4-19)14(22)25-15(11)26-16(24-13)23-5-20/h2-3,13H,1H3,(H6,21,22,23,24,25,26). The number of nitrogens with two attached hydrogens (primary N) is 2. The number of halogens is 2. The highest BCUT2D eigenvalue weighted by atomic mass is 19.1. The highest BCUT2D eigenvalue weighted by Gasteiger charge is 2.31. The van der Waals surface area contributed by atoms with E-state index in [4.69, 9.17) is 16.7 Å². The van der Waals surface area contributed by atoms with Crippen molar-refractivity contribution in [1.82, 2.24) is 10.3 Å². The fraction of sp³-hybridized carbons (Fsp3) is 0.125. The third kappa shape index (κ3) is 2.59. The second-order valence-electron chi connectivity index (χ2n) is 5.52. The largest absolute Gasteiger partial charge is 0.397 e. The first kappa shape index (κ1) is 16.9. The van der Waals surface area contributed by atoms with E-state index < -0.39 is 17.7 Å². The van der Waals surface area contributed by atoms with Crippen LogP contribution >= 0.6 is 0 Å². The van der Waals surface area contributed by atoms with E-state index in [1.165, 1.54) is 13.0 Å². The number of benzene rings is 1. The molecule has 0 amide bonds. The van der Waals surface area contributed by atoms with Gasteiger partial charge in [-0.3, -0.25) is 5.32 Å². The fourth-order valence-corrected chi connectivity index (χ4v) is 2.70. The average molecular weight is 354 g/mol. The number of hydrogen-bond donors (Lipinski definition) is 4. The first-order valence-electron chi connectivity index (χ1n) is 7.31. The summed E-state index contributed by atoms with van der Waals surface area (Å²) in [5.74, 6) is -1.56. The van der Waals surface area contributed by atoms with Crippen LogP contribution in [0, 0.1) is 41.3 Å². The zero-order chi connectivity index (χ0) is 19.0. The van der Waals surface area contributed by atoms with E-state index in [2.05, 4.69) is 20.6 Å². The number of nitrogens with one attached hydrogen (secondary N) is 2. The van der Waals surface area contributed by atoms with Gasteiger partial charge < -0.3 is 16.8 Å². The van der Waals surface area contributed by atoms with Crippen molar-refractivity contribution < 1.29 is 8.78 Å². The second-order valence-corrected chi connectivity index (χ2v) is 5.52. The Kier molecular flexibility index (Phi) is 4.02. The molecular weight excluding hydrogens is 342 g/mol. The predicted octanol–water partition coefficient (Wildman–Crippen LogP) is 1.65. The van der Waals surface area contributed by atoms with Crippen molar-refractivity contribution in [2.45, 2.75) is 13.0 Å². The molecule has 0 bridgehead atoms. The van der Waals surface area contributed by atoms with Gasteiger partial charge in [0.1, 0.15) is 40.9 Å². The maximum Gasteiger partial charge on any atom is 0.211 e. The molecule has 2 aromatic rings. The first-order chi connectivity index (χ1) is 12.4. The van der Waals surface area contributed by atoms with Crippen LogP contribution in [-0.2, 0) is 0 Å². The van der Waals surface area contributed by atoms with Gasteiger partial charge >= 0.3 is 0 Å². The Bertz CT molecular complexity index is 1030. The second kappa shape index (κ2) is 6.18. The summed E-state index contributed by atoms with van der Waals surface area (Å²) in [6.45, 7) is 1.48. The molecule has 0 radical (unpaired) electrons. The lowest BCUT2D eigenvalue weighted by Crippen LogP contribution is -2.33. The lowest BCUT2D eigenvalue weighted by molar-refractivity contribution is 0.560. The minimum absolute atomic E-state index is 0.0117. The molecule has 1 atom stereocenters. The topological polar surface area (TPSA) is 149 Å². The third-order valence-corrected chi connectivity index (χ3v) is 3.93. The minimum atomic E-state index is -1.05. The molecule has 0 spiro atoms. The van der Waals surface area contributed by atoms with E-state index in [0.717, 1.165) is 6.07 Å². The highest BCUT2D eigenvalue weighted by Crippen LogP contribution is 2.41. The SMILES string of the molecule is Cc1cc(C2N=C(NC#N)Nc3nc(N)c(C#N)c(N)c32)c(F)cc1F. The lowest BCUT2D eigenvalue weighted by atomic mass is 9.93. The number of fused-ring (bicyclic) bond motifs is 1. The molecule has 1 aromatic heterocycles. The van der Waals surface area contributed by atoms with Gasteiger partial charge in [-0.1, -0.05) is 0 Å². The molecule has 10 heteroatoms. The Hall–Kier alpha value is -3.92. The number of guanidine groups is 1. The van der Waals surface area contributed by atoms with Crippen LogP contribution in [0.15, 0.2) is 17.1 Å². The number of aryl methyl sites for hydroxylation is 1. The average Bonchev–Trinajstić information content (AvgIpc) is 2.58. The monoisotopic (exact) mass is 354 g/mol. The normalized spacial score (nSPS) is 15.1. The van der Waals surface area contributed by atoms with Gasteiger partial charge in [0.05, 0.1) is 5.69 Å². The van der Waals surface area contributed by atoms with Crippen molar-refractivity contribution in [3.05, 3.63) is 46.0 Å². The van der Waals surface area contributed by atoms with Crippen molar-refractivity contribution in [2.75, 3.05) is 16.8 Å². The van der Waals surface area contributed by atoms with Gasteiger partial charge in [-0.25, -0.2) is 18.8 Å². The molecule has 6 N–H and O–H groups in total. The van der Waals surface area contributed by atoms with Crippen LogP contribution in [0.5, 0.6) is 0 Å². The molecule has 3 rings (SSSR count). The fourth-order valence-electron chi connectivity index (χ4n) is 2.70. The van der Waals surface area contributed by atoms with Crippen molar-refractivity contribution in [3.8, 4) is 12.3 Å². The van der Waals surface area contributed by atoms with Crippen molar-refractivity contribution >= 4 is 23.3 Å². The summed E-state index contributed by atoms with van der Waals surface area (Å²) < 4.78 is 28.1. The molecular formula is C16H12F2N8. The van der Waals surface area contributed by atoms with Crippen molar-refractivity contribution in [3.63, 3.8) is 0 Å². The number of aliphatic imine (C=N–C) groups is 1. The molecule has 130 valence electrons. The summed E-state index contributed by atoms with van der Waals surface area (Å²) in [5.41, 5.74) is 12.1. The van der Waals surface area contributed by atoms with Crippen LogP contribution in [0.25, 0.3) is 0 Å². The van der Waals surface area contributed by atoms with E-state index >= 15 is 0 Å². The van der Waals surface area contributed by atoms with Crippen LogP contribution in [0.3, 0.4) is 0 Å². The summed E-state index contributed by atoms with van der Waals surface area (Å²) in [7, 11) is 0. The Morgan fingerprint density at radius 1 is 1.23 bits per heavy atom. The smallest absolute Gasteiger partial charge is 0.211 e. The highest BCUT2D eigenvalue weighted by molar-refractivity contribution is 5.98. The summed E-state index contributed by atoms with van der Waals surface area (Å²) in [6, 6.07) is 2.83. The summed E-state index contributed by atoms with van der Waals surface area (Å²) in [6.07, 6.45) is 1.69. The van der Waals surface area contributed by atoms with Gasteiger partial charge in [0.15, 0.2) is 6.19 Å². The van der Waals surface area contributed by atoms with Gasteiger partial charge in [0.2, 0.25) is 5.96 Å². The number of nitriles is 2. The maximum atomic E-state index is 14.4. The number of nitrogen functional groups attached to an aromatic ring is 2. The van der Waals surface area contributed by atoms with Gasteiger partial charge in [-0.15, -0.1) is 0 Å². The van der Waals surface area contributed by atoms with E-state index in [0.29, 0.717) is 0 Å². The third-order valence-electron chi connectivity index (χ3n) is 3.93. The van der Waals surface area contributed by atoms with Crippen LogP contribution in [0.1, 0.15) is 28.3 Å². The van der Waals surface area contributed by atoms with Crippen LogP contribution in [0.2, 0.25) is 0 Å². The van der Waals surface area contributed by atoms with Crippen LogP contribution < -0.4 is 22.1 Å². The van der Waals surface area contributed by atoms with Crippen LogP contribution in [-0.4, -0.2) is 10.9 Å². The molecule has 2 heterocycles. The van der Waals surface area contributed by atoms with Crippen molar-refractivity contribution in [2.24, 2.45) is 4.99 Å². The Labute approximate surface area is 146 Å². The number of rotatable bonds is 1. The van der Waals surface area contributed by atoms with Crippen LogP contribution in [0.4, 0.5) is 26.1 Å². The molecule has 1 aliphatic rings. The molecule has 8 nitrogen and oxygen atoms in total. The van der Waals surface area contributed by atoms with E-state index in [9.17, 15) is 14.0 Å². The van der Waals surface area contributed by atoms with E-state index in [1.54, 1.807) is 6.19 Å². The quantitative estimate of drug-likeness (QED) is 0.449. The molecule has 26 heavy (non-hydrogen) atoms. The van der Waals surface area contributed by atoms with Crippen molar-refractivity contribution in [1.29, 1.82) is 10.5 Å². The summed E-state index contributed by atoms with van der Waals surface area (Å²) in [5, 5.41) is 23.1. The lowest BCUT2D eigenvalue weighted by Gasteiger charge is -2.26. The molecule has 0 saturated carbocycles. The molecule has 1 unspecified atom stereocenters. The molecule has 1 aliphatic heterocycles. The molecule has 0 saturated heterocycles. The predicted molar refractivity (Wildman–Crippen MR) is 90.5 cm³/mol. The maximum absolute atomic E-state index is 14.4. The van der Waals surface area contributed by atoms with Gasteiger partial charge in [-0.2, -0.15) is 10.5 Å². The zero-order valence-corrected chi connectivity index (χ0v) is 13.4. The van der Waals surface area contributed by atoms with Gasteiger partial charge in [0.25, 0.3) is 0 Å². The Balaban J connectivity index is 2.30. The summed E-state index contributed by atoms with van der Waals surface area (Å²) >= 11 is 0. The number of pyridine rings is 1. The van der Waals surface area contributed by atoms with Gasteiger partial charge in [0, 0.05) is 17.2 Å². The number of anilines is 3. The van der Waals surface area contributed by atoms with E-state index in [1.807, 2.05) is 6.07 Å². The number of nitrogens with zero attached hydrogens (tertiary/aromatic N) is 4. The molecule has 0 aliphatic carbocycles. The zero-order valence-electron chi connectivity index (χ0n) is 13.4. The minimum Gasteiger partial charge on any atom is -0.397 e. The number of hydrogen-bond acceptors (Lipinski definition) is 8. The number of aromatic nitrogens is 1. The molecule has 0 fully saturated rings. The van der Waals surface area contributed by atoms with E-state index in [-0.39, 0.29) is 45.5 Å². The first-order valence-corrected chi connectivity index (χ1v) is 7.31. The summed E-state index contributed by atoms with van der Waals surface area (Å²) in [4.78, 5) is 8.28. The van der Waals surface area contributed by atoms with Gasteiger partial charge in [-0.05, 0) is 18.6 Å². The Morgan fingerprint density at radius 3 is 2.62 bits per heavy atom. The Morgan fingerprint density at radius 2 is 1.96 bits per heavy atom.